The molecule has 0 aliphatic carbocycles. The van der Waals surface area contributed by atoms with Crippen LogP contribution in [0, 0.1) is 0 Å². The van der Waals surface area contributed by atoms with Crippen molar-refractivity contribution in [3.63, 3.8) is 0 Å². The van der Waals surface area contributed by atoms with Crippen LogP contribution in [0.25, 0.3) is 27.9 Å². The molecule has 2 atom stereocenters. The van der Waals surface area contributed by atoms with Crippen molar-refractivity contribution in [1.29, 1.82) is 0 Å². The number of likely N-dealkylation sites (tertiary alicyclic amines) is 1. The Hall–Kier alpha value is -3.39. The molecule has 1 fully saturated rings. The topological polar surface area (TPSA) is 95.8 Å². The number of ether oxygens (including phenoxy) is 1. The van der Waals surface area contributed by atoms with Gasteiger partial charge in [0, 0.05) is 31.6 Å². The summed E-state index contributed by atoms with van der Waals surface area (Å²) in [6, 6.07) is 9.34. The summed E-state index contributed by atoms with van der Waals surface area (Å²) in [5.41, 5.74) is 4.18. The van der Waals surface area contributed by atoms with E-state index in [0.717, 1.165) is 39.5 Å². The van der Waals surface area contributed by atoms with Gasteiger partial charge in [-0.1, -0.05) is 0 Å². The van der Waals surface area contributed by atoms with Crippen molar-refractivity contribution in [3.8, 4) is 17.0 Å². The molecular weight excluding hydrogens is 370 g/mol. The molecule has 1 saturated heterocycles. The number of aliphatic hydroxyl groups is 1. The summed E-state index contributed by atoms with van der Waals surface area (Å²) in [4.78, 5) is 26.5. The van der Waals surface area contributed by atoms with Gasteiger partial charge in [0.15, 0.2) is 5.65 Å². The van der Waals surface area contributed by atoms with Crippen molar-refractivity contribution in [2.24, 2.45) is 0 Å². The Bertz CT molecular complexity index is 1210. The Morgan fingerprint density at radius 1 is 1.24 bits per heavy atom. The van der Waals surface area contributed by atoms with Gasteiger partial charge in [-0.25, -0.2) is 9.97 Å². The van der Waals surface area contributed by atoms with Crippen LogP contribution in [-0.4, -0.2) is 55.0 Å². The Morgan fingerprint density at radius 3 is 2.76 bits per heavy atom. The highest BCUT2D eigenvalue weighted by Crippen LogP contribution is 2.36. The second kappa shape index (κ2) is 6.59. The van der Waals surface area contributed by atoms with Crippen molar-refractivity contribution >= 4 is 22.6 Å². The second-order valence-corrected chi connectivity index (χ2v) is 7.31. The summed E-state index contributed by atoms with van der Waals surface area (Å²) in [6.45, 7) is 1.84. The first-order valence-corrected chi connectivity index (χ1v) is 9.51. The number of β-amino-alcohol motifs (C(OH)–C–C–N with tert-alkyl or cyclic N) is 1. The molecule has 1 aliphatic heterocycles. The molecule has 4 aromatic rings. The van der Waals surface area contributed by atoms with E-state index in [4.69, 9.17) is 9.72 Å². The SMILES string of the molecule is COc1ccc(-c2nc([C@H]3C[C@@H](O)CN3C(C)=O)n3c2cnc2[nH]ccc23)cc1. The number of rotatable bonds is 3. The van der Waals surface area contributed by atoms with E-state index >= 15 is 0 Å². The first kappa shape index (κ1) is 17.7. The molecule has 0 radical (unpaired) electrons. The van der Waals surface area contributed by atoms with E-state index in [9.17, 15) is 9.90 Å². The van der Waals surface area contributed by atoms with Gasteiger partial charge in [0.25, 0.3) is 0 Å². The minimum Gasteiger partial charge on any atom is -0.497 e. The molecule has 2 N–H and O–H groups in total. The van der Waals surface area contributed by atoms with E-state index in [-0.39, 0.29) is 11.9 Å². The number of H-pyrrole nitrogens is 1. The molecule has 5 rings (SSSR count). The number of carbonyl (C=O) groups excluding carboxylic acids is 1. The molecule has 4 heterocycles. The lowest BCUT2D eigenvalue weighted by Crippen LogP contribution is -2.30. The van der Waals surface area contributed by atoms with E-state index in [2.05, 4.69) is 9.97 Å². The maximum Gasteiger partial charge on any atom is 0.220 e. The number of amides is 1. The highest BCUT2D eigenvalue weighted by Gasteiger charge is 2.37. The van der Waals surface area contributed by atoms with Crippen LogP contribution < -0.4 is 4.74 Å². The molecule has 1 amide bonds. The maximum atomic E-state index is 12.2. The fourth-order valence-electron chi connectivity index (χ4n) is 4.18. The minimum absolute atomic E-state index is 0.0753. The summed E-state index contributed by atoms with van der Waals surface area (Å²) in [6.07, 6.45) is 3.51. The molecule has 0 unspecified atom stereocenters. The molecule has 148 valence electrons. The van der Waals surface area contributed by atoms with Gasteiger partial charge in [-0.05, 0) is 30.3 Å². The van der Waals surface area contributed by atoms with Crippen molar-refractivity contribution < 1.29 is 14.6 Å². The number of benzene rings is 1. The molecule has 3 aromatic heterocycles. The average Bonchev–Trinajstić information content (AvgIpc) is 3.43. The molecule has 29 heavy (non-hydrogen) atoms. The Balaban J connectivity index is 1.76. The Kier molecular flexibility index (Phi) is 4.02. The number of nitrogens with zero attached hydrogens (tertiary/aromatic N) is 4. The number of methoxy groups -OCH3 is 1. The summed E-state index contributed by atoms with van der Waals surface area (Å²) in [7, 11) is 1.63. The molecule has 8 heteroatoms. The lowest BCUT2D eigenvalue weighted by Gasteiger charge is -2.22. The van der Waals surface area contributed by atoms with E-state index in [0.29, 0.717) is 13.0 Å². The average molecular weight is 391 g/mol. The van der Waals surface area contributed by atoms with Crippen molar-refractivity contribution in [1.82, 2.24) is 24.3 Å². The first-order chi connectivity index (χ1) is 14.1. The second-order valence-electron chi connectivity index (χ2n) is 7.31. The van der Waals surface area contributed by atoms with Gasteiger partial charge < -0.3 is 19.7 Å². The van der Waals surface area contributed by atoms with E-state index in [1.807, 2.05) is 40.9 Å². The fourth-order valence-corrected chi connectivity index (χ4v) is 4.18. The smallest absolute Gasteiger partial charge is 0.220 e. The lowest BCUT2D eigenvalue weighted by molar-refractivity contribution is -0.130. The number of carbonyl (C=O) groups is 1. The third-order valence-corrected chi connectivity index (χ3v) is 5.54. The zero-order valence-electron chi connectivity index (χ0n) is 16.2. The number of hydrogen-bond acceptors (Lipinski definition) is 5. The minimum atomic E-state index is -0.566. The molecule has 8 nitrogen and oxygen atoms in total. The molecule has 0 saturated carbocycles. The van der Waals surface area contributed by atoms with Crippen LogP contribution in [0.2, 0.25) is 0 Å². The highest BCUT2D eigenvalue weighted by molar-refractivity contribution is 5.84. The number of nitrogens with one attached hydrogen (secondary N) is 1. The van der Waals surface area contributed by atoms with Crippen LogP contribution in [0.4, 0.5) is 0 Å². The molecular formula is C21H21N5O3. The normalized spacial score (nSPS) is 19.3. The monoisotopic (exact) mass is 391 g/mol. The zero-order valence-corrected chi connectivity index (χ0v) is 16.2. The standard InChI is InChI=1S/C21H21N5O3/c1-12(27)25-11-14(28)9-17(25)21-24-19(13-3-5-15(29-2)6-4-13)18-10-23-20-16(26(18)21)7-8-22-20/h3-8,10,14,17,22,28H,9,11H2,1-2H3/t14-,17-/m1/s1. The van der Waals surface area contributed by atoms with E-state index in [1.165, 1.54) is 6.92 Å². The molecule has 0 spiro atoms. The van der Waals surface area contributed by atoms with Gasteiger partial charge in [-0.3, -0.25) is 9.20 Å². The molecule has 1 aliphatic rings. The summed E-state index contributed by atoms with van der Waals surface area (Å²) >= 11 is 0. The molecule has 0 bridgehead atoms. The predicted molar refractivity (Wildman–Crippen MR) is 108 cm³/mol. The number of aliphatic hydroxyl groups excluding tert-OH is 1. The predicted octanol–water partition coefficient (Wildman–Crippen LogP) is 2.54. The lowest BCUT2D eigenvalue weighted by atomic mass is 10.1. The number of fused-ring (bicyclic) bond motifs is 3. The van der Waals surface area contributed by atoms with Crippen molar-refractivity contribution in [2.45, 2.75) is 25.5 Å². The Morgan fingerprint density at radius 2 is 2.03 bits per heavy atom. The summed E-state index contributed by atoms with van der Waals surface area (Å²) in [5, 5.41) is 10.2. The van der Waals surface area contributed by atoms with Crippen LogP contribution in [0.1, 0.15) is 25.2 Å². The first-order valence-electron chi connectivity index (χ1n) is 9.51. The van der Waals surface area contributed by atoms with E-state index < -0.39 is 6.10 Å². The van der Waals surface area contributed by atoms with Crippen LogP contribution >= 0.6 is 0 Å². The number of hydrogen-bond donors (Lipinski definition) is 2. The number of imidazole rings is 1. The van der Waals surface area contributed by atoms with E-state index in [1.54, 1.807) is 18.2 Å². The van der Waals surface area contributed by atoms with Gasteiger partial charge in [0.1, 0.15) is 11.6 Å². The van der Waals surface area contributed by atoms with Crippen LogP contribution in [0.3, 0.4) is 0 Å². The quantitative estimate of drug-likeness (QED) is 0.560. The summed E-state index contributed by atoms with van der Waals surface area (Å²) in [5.74, 6) is 1.42. The largest absolute Gasteiger partial charge is 0.497 e. The van der Waals surface area contributed by atoms with Gasteiger partial charge in [-0.15, -0.1) is 0 Å². The molecule has 1 aromatic carbocycles. The number of aromatic nitrogens is 4. The fraction of sp³-hybridized carbons (Fsp3) is 0.286. The van der Waals surface area contributed by atoms with Crippen LogP contribution in [-0.2, 0) is 4.79 Å². The Labute approximate surface area is 166 Å². The number of aromatic amines is 1. The van der Waals surface area contributed by atoms with Crippen molar-refractivity contribution in [3.05, 3.63) is 48.5 Å². The summed E-state index contributed by atoms with van der Waals surface area (Å²) < 4.78 is 7.30. The van der Waals surface area contributed by atoms with Gasteiger partial charge in [0.05, 0.1) is 42.2 Å². The third kappa shape index (κ3) is 2.75. The van der Waals surface area contributed by atoms with Crippen LogP contribution in [0.5, 0.6) is 5.75 Å². The highest BCUT2D eigenvalue weighted by atomic mass is 16.5. The van der Waals surface area contributed by atoms with Gasteiger partial charge in [0.2, 0.25) is 5.91 Å². The maximum absolute atomic E-state index is 12.2. The zero-order chi connectivity index (χ0) is 20.1. The third-order valence-electron chi connectivity index (χ3n) is 5.54. The van der Waals surface area contributed by atoms with Gasteiger partial charge >= 0.3 is 0 Å². The van der Waals surface area contributed by atoms with Crippen molar-refractivity contribution in [2.75, 3.05) is 13.7 Å². The van der Waals surface area contributed by atoms with Gasteiger partial charge in [-0.2, -0.15) is 0 Å². The van der Waals surface area contributed by atoms with Crippen LogP contribution in [0.15, 0.2) is 42.7 Å².